The molecule has 1 saturated carbocycles. The van der Waals surface area contributed by atoms with Crippen molar-refractivity contribution in [1.82, 2.24) is 14.7 Å². The van der Waals surface area contributed by atoms with E-state index in [1.807, 2.05) is 13.0 Å². The fourth-order valence-corrected chi connectivity index (χ4v) is 3.26. The molecule has 0 radical (unpaired) electrons. The van der Waals surface area contributed by atoms with Crippen molar-refractivity contribution < 1.29 is 4.79 Å². The van der Waals surface area contributed by atoms with E-state index in [9.17, 15) is 9.59 Å². The minimum Gasteiger partial charge on any atom is -0.349 e. The van der Waals surface area contributed by atoms with Crippen LogP contribution in [0.1, 0.15) is 41.6 Å². The maximum Gasteiger partial charge on any atom is 0.270 e. The molecule has 0 saturated heterocycles. The largest absolute Gasteiger partial charge is 0.349 e. The van der Waals surface area contributed by atoms with Crippen LogP contribution in [-0.2, 0) is 0 Å². The zero-order valence-electron chi connectivity index (χ0n) is 13.3. The molecule has 122 valence electrons. The van der Waals surface area contributed by atoms with E-state index in [-0.39, 0.29) is 29.0 Å². The van der Waals surface area contributed by atoms with Crippen LogP contribution >= 0.6 is 0 Å². The number of aromatic nitrogens is 2. The molecule has 0 aliphatic heterocycles. The Morgan fingerprint density at radius 2 is 2.17 bits per heavy atom. The Labute approximate surface area is 134 Å². The van der Waals surface area contributed by atoms with Gasteiger partial charge in [-0.3, -0.25) is 14.0 Å². The number of hydrogen-bond acceptors (Lipinski definition) is 4. The lowest BCUT2D eigenvalue weighted by atomic mass is 9.84. The Morgan fingerprint density at radius 3 is 2.96 bits per heavy atom. The molecule has 1 fully saturated rings. The lowest BCUT2D eigenvalue weighted by Gasteiger charge is -2.31. The van der Waals surface area contributed by atoms with E-state index >= 15 is 0 Å². The molecule has 1 aliphatic carbocycles. The number of carbonyl (C=O) groups excluding carboxylic acids is 1. The second-order valence-electron chi connectivity index (χ2n) is 6.27. The summed E-state index contributed by atoms with van der Waals surface area (Å²) in [5.41, 5.74) is 7.02. The van der Waals surface area contributed by atoms with Gasteiger partial charge in [0, 0.05) is 18.4 Å². The molecule has 0 aromatic carbocycles. The van der Waals surface area contributed by atoms with Crippen LogP contribution in [0.3, 0.4) is 0 Å². The first-order valence-corrected chi connectivity index (χ1v) is 8.09. The summed E-state index contributed by atoms with van der Waals surface area (Å²) in [4.78, 5) is 29.3. The standard InChI is InChI=1S/C17H22N4O2/c1-11-6-7-15-19-9-13(17(23)21(15)10-11)16(22)20-14-5-3-2-4-12(14)8-18/h6-7,9-10,12,14H,2-5,8,18H2,1H3,(H,20,22). The van der Waals surface area contributed by atoms with E-state index in [1.54, 1.807) is 12.3 Å². The molecule has 2 heterocycles. The lowest BCUT2D eigenvalue weighted by molar-refractivity contribution is 0.0906. The van der Waals surface area contributed by atoms with Crippen molar-refractivity contribution in [3.8, 4) is 0 Å². The van der Waals surface area contributed by atoms with Gasteiger partial charge in [-0.25, -0.2) is 4.98 Å². The zero-order valence-corrected chi connectivity index (χ0v) is 13.3. The summed E-state index contributed by atoms with van der Waals surface area (Å²) in [6.07, 6.45) is 7.22. The SMILES string of the molecule is Cc1ccc2ncc(C(=O)NC3CCCCC3CN)c(=O)n2c1. The lowest BCUT2D eigenvalue weighted by Crippen LogP contribution is -2.46. The third-order valence-electron chi connectivity index (χ3n) is 4.62. The highest BCUT2D eigenvalue weighted by molar-refractivity contribution is 5.94. The van der Waals surface area contributed by atoms with Gasteiger partial charge < -0.3 is 11.1 Å². The summed E-state index contributed by atoms with van der Waals surface area (Å²) in [5, 5.41) is 2.98. The first-order chi connectivity index (χ1) is 11.1. The number of nitrogens with one attached hydrogen (secondary N) is 1. The number of carbonyl (C=O) groups is 1. The predicted octanol–water partition coefficient (Wildman–Crippen LogP) is 1.25. The summed E-state index contributed by atoms with van der Waals surface area (Å²) in [5.74, 6) is -0.0742. The van der Waals surface area contributed by atoms with Gasteiger partial charge in [0.25, 0.3) is 11.5 Å². The first kappa shape index (κ1) is 15.7. The second-order valence-corrected chi connectivity index (χ2v) is 6.27. The molecule has 2 unspecified atom stereocenters. The first-order valence-electron chi connectivity index (χ1n) is 8.09. The third kappa shape index (κ3) is 3.12. The summed E-state index contributed by atoms with van der Waals surface area (Å²) in [7, 11) is 0. The monoisotopic (exact) mass is 314 g/mol. The Morgan fingerprint density at radius 1 is 1.39 bits per heavy atom. The van der Waals surface area contributed by atoms with Crippen molar-refractivity contribution in [3.63, 3.8) is 0 Å². The summed E-state index contributed by atoms with van der Waals surface area (Å²) < 4.78 is 1.42. The number of aryl methyl sites for hydroxylation is 1. The molecule has 1 aliphatic rings. The van der Waals surface area contributed by atoms with E-state index in [1.165, 1.54) is 10.6 Å². The van der Waals surface area contributed by atoms with E-state index in [0.717, 1.165) is 31.2 Å². The van der Waals surface area contributed by atoms with Gasteiger partial charge in [-0.2, -0.15) is 0 Å². The topological polar surface area (TPSA) is 89.5 Å². The molecule has 23 heavy (non-hydrogen) atoms. The number of hydrogen-bond donors (Lipinski definition) is 2. The molecular weight excluding hydrogens is 292 g/mol. The number of nitrogens with zero attached hydrogens (tertiary/aromatic N) is 2. The van der Waals surface area contributed by atoms with Crippen LogP contribution < -0.4 is 16.6 Å². The maximum atomic E-state index is 12.6. The van der Waals surface area contributed by atoms with Gasteiger partial charge in [0.15, 0.2) is 0 Å². The normalized spacial score (nSPS) is 21.3. The Hall–Kier alpha value is -2.21. The van der Waals surface area contributed by atoms with Crippen LogP contribution in [0, 0.1) is 12.8 Å². The second kappa shape index (κ2) is 6.50. The van der Waals surface area contributed by atoms with Crippen molar-refractivity contribution in [2.45, 2.75) is 38.6 Å². The van der Waals surface area contributed by atoms with Crippen molar-refractivity contribution in [2.75, 3.05) is 6.54 Å². The van der Waals surface area contributed by atoms with Crippen LogP contribution in [0.4, 0.5) is 0 Å². The summed E-state index contributed by atoms with van der Waals surface area (Å²) in [6.45, 7) is 2.45. The van der Waals surface area contributed by atoms with Gasteiger partial charge in [-0.1, -0.05) is 18.9 Å². The summed E-state index contributed by atoms with van der Waals surface area (Å²) >= 11 is 0. The molecule has 3 rings (SSSR count). The number of nitrogens with two attached hydrogens (primary N) is 1. The van der Waals surface area contributed by atoms with Crippen molar-refractivity contribution in [2.24, 2.45) is 11.7 Å². The van der Waals surface area contributed by atoms with Gasteiger partial charge in [-0.05, 0) is 43.9 Å². The van der Waals surface area contributed by atoms with Gasteiger partial charge in [0.2, 0.25) is 0 Å². The highest BCUT2D eigenvalue weighted by atomic mass is 16.2. The highest BCUT2D eigenvalue weighted by Gasteiger charge is 2.26. The molecule has 3 N–H and O–H groups in total. The van der Waals surface area contributed by atoms with Gasteiger partial charge in [0.05, 0.1) is 0 Å². The molecule has 2 aromatic rings. The van der Waals surface area contributed by atoms with Crippen LogP contribution in [0.2, 0.25) is 0 Å². The molecule has 2 aromatic heterocycles. The van der Waals surface area contributed by atoms with Crippen molar-refractivity contribution >= 4 is 11.6 Å². The molecule has 2 atom stereocenters. The van der Waals surface area contributed by atoms with Crippen molar-refractivity contribution in [1.29, 1.82) is 0 Å². The number of fused-ring (bicyclic) bond motifs is 1. The highest BCUT2D eigenvalue weighted by Crippen LogP contribution is 2.23. The van der Waals surface area contributed by atoms with Gasteiger partial charge >= 0.3 is 0 Å². The van der Waals surface area contributed by atoms with E-state index in [4.69, 9.17) is 5.73 Å². The van der Waals surface area contributed by atoms with Crippen molar-refractivity contribution in [3.05, 3.63) is 46.0 Å². The minimum absolute atomic E-state index is 0.0406. The Balaban J connectivity index is 1.89. The number of amides is 1. The average Bonchev–Trinajstić information content (AvgIpc) is 2.56. The van der Waals surface area contributed by atoms with Gasteiger partial charge in [-0.15, -0.1) is 0 Å². The molecule has 0 bridgehead atoms. The number of rotatable bonds is 3. The smallest absolute Gasteiger partial charge is 0.270 e. The third-order valence-corrected chi connectivity index (χ3v) is 4.62. The Kier molecular flexibility index (Phi) is 4.43. The van der Waals surface area contributed by atoms with E-state index < -0.39 is 0 Å². The van der Waals surface area contributed by atoms with Crippen LogP contribution in [0.25, 0.3) is 5.65 Å². The predicted molar refractivity (Wildman–Crippen MR) is 88.5 cm³/mol. The number of pyridine rings is 1. The molecular formula is C17H22N4O2. The Bertz CT molecular complexity index is 784. The fourth-order valence-electron chi connectivity index (χ4n) is 3.26. The molecule has 6 heteroatoms. The van der Waals surface area contributed by atoms with E-state index in [2.05, 4.69) is 10.3 Å². The quantitative estimate of drug-likeness (QED) is 0.892. The summed E-state index contributed by atoms with van der Waals surface area (Å²) in [6, 6.07) is 3.69. The van der Waals surface area contributed by atoms with E-state index in [0.29, 0.717) is 12.2 Å². The average molecular weight is 314 g/mol. The fraction of sp³-hybridized carbons (Fsp3) is 0.471. The maximum absolute atomic E-state index is 12.6. The van der Waals surface area contributed by atoms with Crippen LogP contribution in [-0.4, -0.2) is 27.9 Å². The van der Waals surface area contributed by atoms with Gasteiger partial charge in [0.1, 0.15) is 11.2 Å². The minimum atomic E-state index is -0.358. The van der Waals surface area contributed by atoms with Crippen LogP contribution in [0.5, 0.6) is 0 Å². The molecule has 6 nitrogen and oxygen atoms in total. The molecule has 1 amide bonds. The zero-order chi connectivity index (χ0) is 16.4. The van der Waals surface area contributed by atoms with Crippen LogP contribution in [0.15, 0.2) is 29.3 Å². The molecule has 0 spiro atoms.